The molecule has 0 aromatic heterocycles. The molecule has 0 aliphatic heterocycles. The Balaban J connectivity index is 4.49. The van der Waals surface area contributed by atoms with Gasteiger partial charge in [0.15, 0.2) is 6.10 Å². The molecule has 67 heavy (non-hydrogen) atoms. The predicted molar refractivity (Wildman–Crippen MR) is 288 cm³/mol. The lowest BCUT2D eigenvalue weighted by Crippen LogP contribution is -2.30. The topological polar surface area (TPSA) is 78.9 Å². The Labute approximate surface area is 414 Å². The smallest absolute Gasteiger partial charge is 0.306 e. The van der Waals surface area contributed by atoms with E-state index in [4.69, 9.17) is 14.2 Å². The van der Waals surface area contributed by atoms with Gasteiger partial charge in [-0.2, -0.15) is 0 Å². The Morgan fingerprint density at radius 2 is 0.612 bits per heavy atom. The van der Waals surface area contributed by atoms with Gasteiger partial charge >= 0.3 is 17.9 Å². The van der Waals surface area contributed by atoms with Crippen molar-refractivity contribution < 1.29 is 28.6 Å². The number of hydrogen-bond acceptors (Lipinski definition) is 6. The maximum absolute atomic E-state index is 12.8. The lowest BCUT2D eigenvalue weighted by Gasteiger charge is -2.18. The van der Waals surface area contributed by atoms with Crippen molar-refractivity contribution in [2.45, 2.75) is 271 Å². The van der Waals surface area contributed by atoms with Crippen molar-refractivity contribution >= 4 is 17.9 Å². The molecule has 0 rings (SSSR count). The molecule has 0 bridgehead atoms. The van der Waals surface area contributed by atoms with Crippen LogP contribution in [0.2, 0.25) is 0 Å². The van der Waals surface area contributed by atoms with Gasteiger partial charge in [0.25, 0.3) is 0 Å². The predicted octanol–water partition coefficient (Wildman–Crippen LogP) is 18.8. The fourth-order valence-electron chi connectivity index (χ4n) is 7.70. The summed E-state index contributed by atoms with van der Waals surface area (Å²) < 4.78 is 16.8. The first-order valence-corrected chi connectivity index (χ1v) is 28.1. The van der Waals surface area contributed by atoms with Crippen LogP contribution in [0.15, 0.2) is 85.1 Å². The summed E-state index contributed by atoms with van der Waals surface area (Å²) in [5.41, 5.74) is 0. The van der Waals surface area contributed by atoms with E-state index in [1.807, 2.05) is 6.08 Å². The van der Waals surface area contributed by atoms with E-state index in [-0.39, 0.29) is 37.5 Å². The highest BCUT2D eigenvalue weighted by molar-refractivity contribution is 5.71. The van der Waals surface area contributed by atoms with Crippen LogP contribution in [0.25, 0.3) is 0 Å². The molecule has 0 fully saturated rings. The van der Waals surface area contributed by atoms with Crippen LogP contribution in [0.1, 0.15) is 265 Å². The van der Waals surface area contributed by atoms with Gasteiger partial charge in [-0.3, -0.25) is 14.4 Å². The number of allylic oxidation sites excluding steroid dienone is 14. The van der Waals surface area contributed by atoms with Crippen molar-refractivity contribution in [1.29, 1.82) is 0 Å². The summed E-state index contributed by atoms with van der Waals surface area (Å²) in [7, 11) is 0. The minimum absolute atomic E-state index is 0.102. The van der Waals surface area contributed by atoms with Crippen LogP contribution < -0.4 is 0 Å². The molecule has 0 spiro atoms. The Kier molecular flexibility index (Phi) is 52.4. The molecule has 6 nitrogen and oxygen atoms in total. The standard InChI is InChI=1S/C61H104O6/c1-4-7-10-13-16-19-22-25-28-29-30-31-34-36-39-42-45-48-51-54-60(63)66-57-58(67-61(64)55-52-49-46-43-40-37-33-27-24-21-18-15-12-9-6-3)56-65-59(62)53-50-47-44-41-38-35-32-26-23-20-17-14-11-8-5-2/h7,10,16,19,25-26,28,30-32,36,39,45,48,58H,4-6,8-9,11-15,17-18,20-24,27,29,33-35,37-38,40-44,46-47,49-57H2,1-3H3/b10-7-,19-16-,28-25-,31-30-,32-26-,39-36-,48-45-/t58-/m0/s1. The second kappa shape index (κ2) is 55.2. The van der Waals surface area contributed by atoms with E-state index < -0.39 is 6.10 Å². The molecule has 0 heterocycles. The van der Waals surface area contributed by atoms with Crippen LogP contribution in [0, 0.1) is 0 Å². The molecule has 0 aliphatic rings. The highest BCUT2D eigenvalue weighted by atomic mass is 16.6. The van der Waals surface area contributed by atoms with E-state index in [1.165, 1.54) is 135 Å². The van der Waals surface area contributed by atoms with E-state index in [0.29, 0.717) is 19.3 Å². The van der Waals surface area contributed by atoms with Gasteiger partial charge in [-0.05, 0) is 83.5 Å². The van der Waals surface area contributed by atoms with Gasteiger partial charge in [-0.1, -0.05) is 247 Å². The fourth-order valence-corrected chi connectivity index (χ4v) is 7.70. The van der Waals surface area contributed by atoms with Crippen molar-refractivity contribution in [2.24, 2.45) is 0 Å². The van der Waals surface area contributed by atoms with E-state index in [1.54, 1.807) is 0 Å². The SMILES string of the molecule is CC/C=C\C/C=C\C/C=C\C/C=C\C/C=C\C/C=C\CCC(=O)OC[C@H](COC(=O)CCCCCCC/C=C\CCCCCCCC)OC(=O)CCCCCCCCCCCCCCCCC. The van der Waals surface area contributed by atoms with Gasteiger partial charge in [-0.25, -0.2) is 0 Å². The number of hydrogen-bond donors (Lipinski definition) is 0. The Bertz CT molecular complexity index is 1300. The fraction of sp³-hybridized carbons (Fsp3) is 0.721. The molecule has 0 unspecified atom stereocenters. The Morgan fingerprint density at radius 1 is 0.313 bits per heavy atom. The average Bonchev–Trinajstić information content (AvgIpc) is 3.33. The van der Waals surface area contributed by atoms with E-state index in [0.717, 1.165) is 83.5 Å². The molecule has 1 atom stereocenters. The number of rotatable bonds is 50. The third-order valence-corrected chi connectivity index (χ3v) is 11.9. The molecular formula is C61H104O6. The normalized spacial score (nSPS) is 12.7. The highest BCUT2D eigenvalue weighted by Crippen LogP contribution is 2.15. The second-order valence-corrected chi connectivity index (χ2v) is 18.5. The van der Waals surface area contributed by atoms with Crippen LogP contribution in [-0.4, -0.2) is 37.2 Å². The largest absolute Gasteiger partial charge is 0.462 e. The van der Waals surface area contributed by atoms with Crippen LogP contribution in [-0.2, 0) is 28.6 Å². The van der Waals surface area contributed by atoms with Crippen LogP contribution in [0.4, 0.5) is 0 Å². The number of carbonyl (C=O) groups is 3. The second-order valence-electron chi connectivity index (χ2n) is 18.5. The van der Waals surface area contributed by atoms with Crippen LogP contribution >= 0.6 is 0 Å². The molecule has 6 heteroatoms. The highest BCUT2D eigenvalue weighted by Gasteiger charge is 2.19. The maximum atomic E-state index is 12.8. The third-order valence-electron chi connectivity index (χ3n) is 11.9. The Hall–Kier alpha value is -3.41. The monoisotopic (exact) mass is 933 g/mol. The molecular weight excluding hydrogens is 829 g/mol. The summed E-state index contributed by atoms with van der Waals surface area (Å²) in [5.74, 6) is -0.991. The first kappa shape index (κ1) is 63.6. The van der Waals surface area contributed by atoms with Gasteiger partial charge in [0, 0.05) is 19.3 Å². The zero-order valence-corrected chi connectivity index (χ0v) is 43.9. The first-order valence-electron chi connectivity index (χ1n) is 28.1. The maximum Gasteiger partial charge on any atom is 0.306 e. The molecule has 0 radical (unpaired) electrons. The van der Waals surface area contributed by atoms with Gasteiger partial charge in [-0.15, -0.1) is 0 Å². The van der Waals surface area contributed by atoms with E-state index in [9.17, 15) is 14.4 Å². The lowest BCUT2D eigenvalue weighted by molar-refractivity contribution is -0.166. The molecule has 0 aromatic carbocycles. The van der Waals surface area contributed by atoms with Crippen molar-refractivity contribution in [2.75, 3.05) is 13.2 Å². The molecule has 0 saturated carbocycles. The van der Waals surface area contributed by atoms with Crippen molar-refractivity contribution in [3.8, 4) is 0 Å². The minimum Gasteiger partial charge on any atom is -0.462 e. The van der Waals surface area contributed by atoms with E-state index >= 15 is 0 Å². The summed E-state index contributed by atoms with van der Waals surface area (Å²) >= 11 is 0. The zero-order valence-electron chi connectivity index (χ0n) is 43.9. The molecule has 0 saturated heterocycles. The van der Waals surface area contributed by atoms with Gasteiger partial charge in [0.1, 0.15) is 13.2 Å². The summed E-state index contributed by atoms with van der Waals surface area (Å²) in [5, 5.41) is 0. The molecule has 0 aromatic rings. The van der Waals surface area contributed by atoms with Crippen molar-refractivity contribution in [3.05, 3.63) is 85.1 Å². The minimum atomic E-state index is -0.809. The quantitative estimate of drug-likeness (QED) is 0.0262. The number of esters is 3. The van der Waals surface area contributed by atoms with Crippen molar-refractivity contribution in [3.63, 3.8) is 0 Å². The van der Waals surface area contributed by atoms with Gasteiger partial charge in [0.05, 0.1) is 0 Å². The third kappa shape index (κ3) is 53.4. The average molecular weight is 933 g/mol. The number of carbonyl (C=O) groups excluding carboxylic acids is 3. The summed E-state index contributed by atoms with van der Waals surface area (Å²) in [6.45, 7) is 6.46. The number of unbranched alkanes of at least 4 members (excludes halogenated alkanes) is 25. The van der Waals surface area contributed by atoms with Gasteiger partial charge < -0.3 is 14.2 Å². The summed E-state index contributed by atoms with van der Waals surface area (Å²) in [4.78, 5) is 38.1. The summed E-state index contributed by atoms with van der Waals surface area (Å²) in [6.07, 6.45) is 71.5. The zero-order chi connectivity index (χ0) is 48.6. The van der Waals surface area contributed by atoms with Crippen LogP contribution in [0.5, 0.6) is 0 Å². The van der Waals surface area contributed by atoms with Gasteiger partial charge in [0.2, 0.25) is 0 Å². The molecule has 0 N–H and O–H groups in total. The van der Waals surface area contributed by atoms with E-state index in [2.05, 4.69) is 99.8 Å². The first-order chi connectivity index (χ1) is 33.0. The summed E-state index contributed by atoms with van der Waals surface area (Å²) in [6, 6.07) is 0. The Morgan fingerprint density at radius 3 is 1.00 bits per heavy atom. The number of ether oxygens (including phenoxy) is 3. The lowest BCUT2D eigenvalue weighted by atomic mass is 10.0. The molecule has 0 aliphatic carbocycles. The van der Waals surface area contributed by atoms with Crippen molar-refractivity contribution in [1.82, 2.24) is 0 Å². The molecule has 0 amide bonds. The van der Waals surface area contributed by atoms with Crippen LogP contribution in [0.3, 0.4) is 0 Å². The molecule has 384 valence electrons.